The van der Waals surface area contributed by atoms with Gasteiger partial charge in [0.1, 0.15) is 5.75 Å². The Morgan fingerprint density at radius 2 is 1.69 bits per heavy atom. The van der Waals surface area contributed by atoms with Crippen molar-refractivity contribution >= 4 is 27.1 Å². The molecule has 9 heteroatoms. The van der Waals surface area contributed by atoms with E-state index in [0.29, 0.717) is 17.2 Å². The summed E-state index contributed by atoms with van der Waals surface area (Å²) in [7, 11) is 1.66. The maximum Gasteiger partial charge on any atom is 0.239 e. The van der Waals surface area contributed by atoms with E-state index in [-0.39, 0.29) is 16.9 Å². The summed E-state index contributed by atoms with van der Waals surface area (Å²) in [4.78, 5) is 20.2. The van der Waals surface area contributed by atoms with Crippen molar-refractivity contribution < 1.29 is 22.7 Å². The zero-order chi connectivity index (χ0) is 27.7. The zero-order valence-electron chi connectivity index (χ0n) is 22.6. The van der Waals surface area contributed by atoms with Crippen LogP contribution < -0.4 is 14.8 Å². The number of likely N-dealkylation sites (tertiary alicyclic amines) is 1. The van der Waals surface area contributed by atoms with Crippen molar-refractivity contribution in [2.45, 2.75) is 30.2 Å². The van der Waals surface area contributed by atoms with Crippen LogP contribution in [0.25, 0.3) is 0 Å². The molecule has 0 saturated carbocycles. The van der Waals surface area contributed by atoms with Gasteiger partial charge >= 0.3 is 0 Å². The Bertz CT molecular complexity index is 1520. The van der Waals surface area contributed by atoms with Crippen LogP contribution in [0, 0.1) is 6.92 Å². The molecule has 5 rings (SSSR count). The van der Waals surface area contributed by atoms with Gasteiger partial charge in [0.15, 0.2) is 21.3 Å². The third-order valence-corrected chi connectivity index (χ3v) is 9.06. The van der Waals surface area contributed by atoms with Crippen LogP contribution >= 0.6 is 0 Å². The van der Waals surface area contributed by atoms with Crippen LogP contribution in [0.2, 0.25) is 0 Å². The average Bonchev–Trinajstić information content (AvgIpc) is 2.92. The van der Waals surface area contributed by atoms with Gasteiger partial charge in [-0.2, -0.15) is 0 Å². The van der Waals surface area contributed by atoms with Crippen LogP contribution in [-0.2, 0) is 14.6 Å². The second kappa shape index (κ2) is 10.8. The summed E-state index contributed by atoms with van der Waals surface area (Å²) < 4.78 is 36.5. The molecule has 3 aromatic carbocycles. The number of carbonyl (C=O) groups excluding carboxylic acids is 1. The normalized spacial score (nSPS) is 18.9. The Hall–Kier alpha value is -3.69. The number of aryl methyl sites for hydroxylation is 1. The van der Waals surface area contributed by atoms with Crippen molar-refractivity contribution in [3.63, 3.8) is 0 Å². The number of nitrogens with one attached hydrogen (secondary N) is 1. The summed E-state index contributed by atoms with van der Waals surface area (Å²) in [5.41, 5.74) is 5.44. The molecule has 2 atom stereocenters. The van der Waals surface area contributed by atoms with E-state index in [2.05, 4.69) is 23.3 Å². The van der Waals surface area contributed by atoms with Gasteiger partial charge in [0.05, 0.1) is 30.9 Å². The van der Waals surface area contributed by atoms with Gasteiger partial charge in [0.2, 0.25) is 5.91 Å². The third kappa shape index (κ3) is 5.55. The summed E-state index contributed by atoms with van der Waals surface area (Å²) in [5.74, 6) is 0.385. The van der Waals surface area contributed by atoms with Crippen LogP contribution in [0.4, 0.5) is 5.69 Å². The molecule has 0 bridgehead atoms. The first-order valence-electron chi connectivity index (χ1n) is 12.9. The Morgan fingerprint density at radius 1 is 1.03 bits per heavy atom. The lowest BCUT2D eigenvalue weighted by molar-refractivity contribution is -0.113. The van der Waals surface area contributed by atoms with Crippen molar-refractivity contribution in [1.29, 1.82) is 0 Å². The van der Waals surface area contributed by atoms with Crippen molar-refractivity contribution in [2.75, 3.05) is 45.4 Å². The van der Waals surface area contributed by atoms with Gasteiger partial charge in [-0.25, -0.2) is 8.42 Å². The third-order valence-electron chi connectivity index (χ3n) is 7.43. The average molecular weight is 548 g/mol. The molecule has 204 valence electrons. The zero-order valence-corrected chi connectivity index (χ0v) is 23.4. The van der Waals surface area contributed by atoms with Crippen LogP contribution in [0.1, 0.15) is 34.6 Å². The first kappa shape index (κ1) is 26.9. The van der Waals surface area contributed by atoms with Crippen molar-refractivity contribution in [3.8, 4) is 11.5 Å². The molecule has 0 radical (unpaired) electrons. The minimum atomic E-state index is -3.74. The number of amides is 1. The SMILES string of the molecule is COc1cc2c(cc1OC)C1CN(C)CCC1N=C2c1ccc(NC(=O)CS(=O)(=O)c2ccc(C)cc2)cc1. The fourth-order valence-corrected chi connectivity index (χ4v) is 6.48. The van der Waals surface area contributed by atoms with Crippen LogP contribution in [0.5, 0.6) is 11.5 Å². The van der Waals surface area contributed by atoms with Gasteiger partial charge in [-0.1, -0.05) is 29.8 Å². The van der Waals surface area contributed by atoms with Crippen LogP contribution in [0.15, 0.2) is 70.6 Å². The molecule has 0 aliphatic carbocycles. The largest absolute Gasteiger partial charge is 0.493 e. The van der Waals surface area contributed by atoms with E-state index >= 15 is 0 Å². The van der Waals surface area contributed by atoms with Crippen molar-refractivity contribution in [1.82, 2.24) is 4.90 Å². The lowest BCUT2D eigenvalue weighted by Crippen LogP contribution is -2.41. The van der Waals surface area contributed by atoms with Gasteiger partial charge in [-0.05, 0) is 68.9 Å². The Labute approximate surface area is 229 Å². The van der Waals surface area contributed by atoms with E-state index in [0.717, 1.165) is 41.9 Å². The maximum absolute atomic E-state index is 12.7. The second-order valence-corrected chi connectivity index (χ2v) is 12.2. The minimum Gasteiger partial charge on any atom is -0.493 e. The smallest absolute Gasteiger partial charge is 0.239 e. The summed E-state index contributed by atoms with van der Waals surface area (Å²) in [5, 5.41) is 2.71. The highest BCUT2D eigenvalue weighted by molar-refractivity contribution is 7.92. The molecule has 1 amide bonds. The highest BCUT2D eigenvalue weighted by Crippen LogP contribution is 2.42. The van der Waals surface area contributed by atoms with Crippen molar-refractivity contribution in [2.24, 2.45) is 4.99 Å². The molecular formula is C30H33N3O5S. The van der Waals surface area contributed by atoms with Crippen LogP contribution in [-0.4, -0.2) is 71.1 Å². The highest BCUT2D eigenvalue weighted by atomic mass is 32.2. The number of ether oxygens (including phenoxy) is 2. The molecule has 2 unspecified atom stereocenters. The molecule has 2 heterocycles. The van der Waals surface area contributed by atoms with Crippen molar-refractivity contribution in [3.05, 3.63) is 82.9 Å². The number of nitrogens with zero attached hydrogens (tertiary/aromatic N) is 2. The number of carbonyl (C=O) groups is 1. The number of hydrogen-bond donors (Lipinski definition) is 1. The molecule has 8 nitrogen and oxygen atoms in total. The fourth-order valence-electron chi connectivity index (χ4n) is 5.34. The molecule has 2 aliphatic rings. The number of aliphatic imine (C=N–C) groups is 1. The molecule has 0 spiro atoms. The predicted molar refractivity (Wildman–Crippen MR) is 152 cm³/mol. The first-order chi connectivity index (χ1) is 18.7. The number of benzene rings is 3. The Kier molecular flexibility index (Phi) is 7.46. The lowest BCUT2D eigenvalue weighted by Gasteiger charge is -2.39. The number of piperidine rings is 1. The number of rotatable bonds is 7. The van der Waals surface area contributed by atoms with Gasteiger partial charge in [-0.15, -0.1) is 0 Å². The molecule has 0 aromatic heterocycles. The molecular weight excluding hydrogens is 514 g/mol. The van der Waals surface area contributed by atoms with E-state index in [1.807, 2.05) is 25.1 Å². The summed E-state index contributed by atoms with van der Waals surface area (Å²) in [6.07, 6.45) is 0.960. The van der Waals surface area contributed by atoms with Gasteiger partial charge in [0, 0.05) is 29.3 Å². The molecule has 2 aliphatic heterocycles. The van der Waals surface area contributed by atoms with Crippen LogP contribution in [0.3, 0.4) is 0 Å². The quantitative estimate of drug-likeness (QED) is 0.479. The van der Waals surface area contributed by atoms with Gasteiger partial charge < -0.3 is 19.7 Å². The summed E-state index contributed by atoms with van der Waals surface area (Å²) in [6.45, 7) is 3.78. The molecule has 3 aromatic rings. The minimum absolute atomic E-state index is 0.131. The van der Waals surface area contributed by atoms with Gasteiger partial charge in [-0.3, -0.25) is 9.79 Å². The standard InChI is InChI=1S/C30H33N3O5S/c1-19-5-11-22(12-6-19)39(35,36)18-29(34)31-21-9-7-20(8-10-21)30-24-16-28(38-4)27(37-3)15-23(24)25-17-33(2)14-13-26(25)32-30/h5-12,15-16,25-26H,13-14,17-18H2,1-4H3,(H,31,34). The fraction of sp³-hybridized carbons (Fsp3) is 0.333. The summed E-state index contributed by atoms with van der Waals surface area (Å²) in [6, 6.07) is 18.1. The molecule has 1 N–H and O–H groups in total. The molecule has 1 saturated heterocycles. The number of methoxy groups -OCH3 is 2. The second-order valence-electron chi connectivity index (χ2n) is 10.2. The topological polar surface area (TPSA) is 97.3 Å². The highest BCUT2D eigenvalue weighted by Gasteiger charge is 2.36. The monoisotopic (exact) mass is 547 g/mol. The van der Waals surface area contributed by atoms with E-state index in [1.165, 1.54) is 17.7 Å². The Balaban J connectivity index is 1.39. The Morgan fingerprint density at radius 3 is 2.36 bits per heavy atom. The number of sulfone groups is 1. The predicted octanol–water partition coefficient (Wildman–Crippen LogP) is 4.06. The van der Waals surface area contributed by atoms with E-state index < -0.39 is 21.5 Å². The lowest BCUT2D eigenvalue weighted by atomic mass is 9.79. The van der Waals surface area contributed by atoms with E-state index in [1.54, 1.807) is 38.5 Å². The number of anilines is 1. The number of fused-ring (bicyclic) bond motifs is 3. The maximum atomic E-state index is 12.7. The molecule has 1 fully saturated rings. The number of likely N-dealkylation sites (N-methyl/N-ethyl adjacent to an activating group) is 1. The molecule has 39 heavy (non-hydrogen) atoms. The summed E-state index contributed by atoms with van der Waals surface area (Å²) >= 11 is 0. The van der Waals surface area contributed by atoms with Gasteiger partial charge in [0.25, 0.3) is 0 Å². The van der Waals surface area contributed by atoms with E-state index in [9.17, 15) is 13.2 Å². The number of hydrogen-bond acceptors (Lipinski definition) is 7. The first-order valence-corrected chi connectivity index (χ1v) is 14.6. The van der Waals surface area contributed by atoms with E-state index in [4.69, 9.17) is 14.5 Å².